The van der Waals surface area contributed by atoms with E-state index >= 15 is 0 Å². The van der Waals surface area contributed by atoms with Crippen molar-refractivity contribution in [2.24, 2.45) is 11.8 Å². The number of methoxy groups -OCH3 is 2. The number of nitrogens with zero attached hydrogens (tertiary/aromatic N) is 2. The van der Waals surface area contributed by atoms with Gasteiger partial charge in [0, 0.05) is 69.5 Å². The van der Waals surface area contributed by atoms with Gasteiger partial charge in [0.25, 0.3) is 5.91 Å². The molecule has 1 aliphatic carbocycles. The predicted molar refractivity (Wildman–Crippen MR) is 167 cm³/mol. The van der Waals surface area contributed by atoms with Gasteiger partial charge in [-0.1, -0.05) is 18.2 Å². The molecule has 238 valence electrons. The zero-order valence-electron chi connectivity index (χ0n) is 26.3. The van der Waals surface area contributed by atoms with Gasteiger partial charge in [0.15, 0.2) is 11.5 Å². The summed E-state index contributed by atoms with van der Waals surface area (Å²) >= 11 is 0. The van der Waals surface area contributed by atoms with Crippen molar-refractivity contribution in [2.75, 3.05) is 60.2 Å². The van der Waals surface area contributed by atoms with E-state index in [0.717, 1.165) is 43.7 Å². The number of fused-ring (bicyclic) bond motifs is 1. The Labute approximate surface area is 260 Å². The summed E-state index contributed by atoms with van der Waals surface area (Å²) in [5.41, 5.74) is 1.45. The topological polar surface area (TPSA) is 98.8 Å². The number of amides is 2. The van der Waals surface area contributed by atoms with Crippen LogP contribution in [0.4, 0.5) is 4.79 Å². The monoisotopic (exact) mass is 607 g/mol. The van der Waals surface area contributed by atoms with E-state index in [2.05, 4.69) is 5.32 Å². The molecule has 0 aromatic heterocycles. The van der Waals surface area contributed by atoms with Crippen molar-refractivity contribution in [3.05, 3.63) is 59.4 Å². The quantitative estimate of drug-likeness (QED) is 0.305. The minimum Gasteiger partial charge on any atom is -0.493 e. The van der Waals surface area contributed by atoms with E-state index in [1.165, 1.54) is 0 Å². The van der Waals surface area contributed by atoms with E-state index in [-0.39, 0.29) is 42.5 Å². The van der Waals surface area contributed by atoms with Crippen LogP contribution in [-0.4, -0.2) is 94.1 Å². The van der Waals surface area contributed by atoms with Crippen molar-refractivity contribution in [3.8, 4) is 17.2 Å². The van der Waals surface area contributed by atoms with Gasteiger partial charge in [-0.15, -0.1) is 0 Å². The molecular weight excluding hydrogens is 562 g/mol. The van der Waals surface area contributed by atoms with E-state index in [1.807, 2.05) is 54.0 Å². The van der Waals surface area contributed by atoms with Crippen LogP contribution in [0.1, 0.15) is 49.0 Å². The molecule has 2 fully saturated rings. The summed E-state index contributed by atoms with van der Waals surface area (Å²) < 4.78 is 28.2. The fraction of sp³-hybridized carbons (Fsp3) is 0.529. The fourth-order valence-electron chi connectivity index (χ4n) is 5.81. The number of hydrogen-bond acceptors (Lipinski definition) is 8. The third kappa shape index (κ3) is 7.84. The number of para-hydroxylation sites is 1. The minimum absolute atomic E-state index is 0.0115. The number of nitrogens with one attached hydrogen (secondary N) is 1. The Kier molecular flexibility index (Phi) is 10.7. The van der Waals surface area contributed by atoms with Crippen LogP contribution in [-0.2, 0) is 9.47 Å². The molecule has 2 aromatic carbocycles. The van der Waals surface area contributed by atoms with E-state index in [1.54, 1.807) is 32.4 Å². The second-order valence-corrected chi connectivity index (χ2v) is 12.0. The predicted octanol–water partition coefficient (Wildman–Crippen LogP) is 4.83. The highest BCUT2D eigenvalue weighted by atomic mass is 16.6. The first kappa shape index (κ1) is 31.7. The molecule has 10 nitrogen and oxygen atoms in total. The first-order valence-corrected chi connectivity index (χ1v) is 15.6. The molecular formula is C34H45N3O7. The Morgan fingerprint density at radius 2 is 1.77 bits per heavy atom. The van der Waals surface area contributed by atoms with Gasteiger partial charge in [-0.25, -0.2) is 4.79 Å². The van der Waals surface area contributed by atoms with Crippen molar-refractivity contribution < 1.29 is 33.3 Å². The van der Waals surface area contributed by atoms with Gasteiger partial charge >= 0.3 is 6.09 Å². The SMILES string of the molecule is COCCCOc1cc(C(=O)N(C[C@@H]2CNC[C@H]2CN(C(=O)OC2=Cc3ccccc3OC2)C2CC2)C(C)C)ccc1OC. The standard InChI is InChI=1S/C34H45N3O7/c1-23(2)36(33(38)25-10-13-31(41-4)32(17-25)42-15-7-14-40-3)20-26-18-35-19-27(26)21-37(28-11-12-28)34(39)44-29-16-24-8-5-6-9-30(24)43-22-29/h5-6,8-10,13,16-17,23,26-28,35H,7,11-12,14-15,18-22H2,1-4H3/t26-,27-/m0/s1. The molecule has 1 saturated carbocycles. The number of carbonyl (C=O) groups is 2. The third-order valence-corrected chi connectivity index (χ3v) is 8.43. The van der Waals surface area contributed by atoms with Crippen LogP contribution in [0.3, 0.4) is 0 Å². The smallest absolute Gasteiger partial charge is 0.415 e. The maximum Gasteiger partial charge on any atom is 0.415 e. The molecule has 0 unspecified atom stereocenters. The molecule has 2 atom stereocenters. The Hall–Kier alpha value is -3.76. The summed E-state index contributed by atoms with van der Waals surface area (Å²) in [6.45, 7) is 8.06. The Morgan fingerprint density at radius 1 is 1.00 bits per heavy atom. The average Bonchev–Trinajstić information content (AvgIpc) is 3.78. The third-order valence-electron chi connectivity index (χ3n) is 8.43. The Morgan fingerprint density at radius 3 is 2.50 bits per heavy atom. The Balaban J connectivity index is 1.24. The molecule has 1 saturated heterocycles. The molecule has 2 aromatic rings. The van der Waals surface area contributed by atoms with E-state index in [0.29, 0.717) is 49.1 Å². The van der Waals surface area contributed by atoms with Gasteiger partial charge in [-0.3, -0.25) is 4.79 Å². The van der Waals surface area contributed by atoms with E-state index in [9.17, 15) is 9.59 Å². The number of carbonyl (C=O) groups excluding carboxylic acids is 2. The molecule has 0 bridgehead atoms. The lowest BCUT2D eigenvalue weighted by molar-refractivity contribution is 0.0641. The molecule has 1 N–H and O–H groups in total. The van der Waals surface area contributed by atoms with Crippen molar-refractivity contribution in [1.82, 2.24) is 15.1 Å². The summed E-state index contributed by atoms with van der Waals surface area (Å²) in [7, 11) is 3.25. The van der Waals surface area contributed by atoms with E-state index in [4.69, 9.17) is 23.7 Å². The largest absolute Gasteiger partial charge is 0.493 e. The first-order valence-electron chi connectivity index (χ1n) is 15.6. The van der Waals surface area contributed by atoms with Crippen molar-refractivity contribution >= 4 is 18.1 Å². The maximum atomic E-state index is 13.9. The molecule has 2 heterocycles. The van der Waals surface area contributed by atoms with Gasteiger partial charge in [-0.2, -0.15) is 0 Å². The second kappa shape index (κ2) is 14.8. The van der Waals surface area contributed by atoms with Crippen molar-refractivity contribution in [2.45, 2.75) is 45.2 Å². The molecule has 2 aliphatic heterocycles. The van der Waals surface area contributed by atoms with Crippen molar-refractivity contribution in [3.63, 3.8) is 0 Å². The first-order chi connectivity index (χ1) is 21.4. The van der Waals surface area contributed by atoms with Gasteiger partial charge in [0.2, 0.25) is 0 Å². The minimum atomic E-state index is -0.333. The summed E-state index contributed by atoms with van der Waals surface area (Å²) in [6, 6.07) is 13.2. The molecule has 2 amide bonds. The summed E-state index contributed by atoms with van der Waals surface area (Å²) in [5, 5.41) is 3.50. The number of hydrogen-bond donors (Lipinski definition) is 1. The number of benzene rings is 2. The molecule has 10 heteroatoms. The second-order valence-electron chi connectivity index (χ2n) is 12.0. The highest BCUT2D eigenvalue weighted by molar-refractivity contribution is 5.95. The summed E-state index contributed by atoms with van der Waals surface area (Å²) in [5.74, 6) is 2.74. The van der Waals surface area contributed by atoms with Gasteiger partial charge in [-0.05, 0) is 68.9 Å². The van der Waals surface area contributed by atoms with Crippen LogP contribution in [0.2, 0.25) is 0 Å². The van der Waals surface area contributed by atoms with Crippen LogP contribution in [0.15, 0.2) is 48.2 Å². The van der Waals surface area contributed by atoms with Crippen molar-refractivity contribution in [1.29, 1.82) is 0 Å². The normalized spacial score (nSPS) is 19.1. The summed E-state index contributed by atoms with van der Waals surface area (Å²) in [6.07, 6.45) is 4.23. The molecule has 5 rings (SSSR count). The van der Waals surface area contributed by atoms with Gasteiger partial charge in [0.1, 0.15) is 18.1 Å². The molecule has 0 spiro atoms. The van der Waals surface area contributed by atoms with Crippen LogP contribution in [0, 0.1) is 11.8 Å². The zero-order valence-corrected chi connectivity index (χ0v) is 26.3. The van der Waals surface area contributed by atoms with Crippen LogP contribution in [0.5, 0.6) is 17.2 Å². The lowest BCUT2D eigenvalue weighted by Gasteiger charge is -2.33. The summed E-state index contributed by atoms with van der Waals surface area (Å²) in [4.78, 5) is 31.1. The van der Waals surface area contributed by atoms with E-state index < -0.39 is 0 Å². The molecule has 3 aliphatic rings. The molecule has 0 radical (unpaired) electrons. The number of ether oxygens (including phenoxy) is 5. The van der Waals surface area contributed by atoms with Crippen LogP contribution in [0.25, 0.3) is 6.08 Å². The molecule has 44 heavy (non-hydrogen) atoms. The lowest BCUT2D eigenvalue weighted by atomic mass is 9.94. The van der Waals surface area contributed by atoms with Gasteiger partial charge in [0.05, 0.1) is 13.7 Å². The zero-order chi connectivity index (χ0) is 31.1. The average molecular weight is 608 g/mol. The van der Waals surface area contributed by atoms with Gasteiger partial charge < -0.3 is 38.8 Å². The highest BCUT2D eigenvalue weighted by Crippen LogP contribution is 2.33. The highest BCUT2D eigenvalue weighted by Gasteiger charge is 2.39. The fourth-order valence-corrected chi connectivity index (χ4v) is 5.81. The van der Waals surface area contributed by atoms with Crippen LogP contribution >= 0.6 is 0 Å². The van der Waals surface area contributed by atoms with Crippen LogP contribution < -0.4 is 19.5 Å². The maximum absolute atomic E-state index is 13.9. The number of rotatable bonds is 14. The lowest BCUT2D eigenvalue weighted by Crippen LogP contribution is -2.45. The Bertz CT molecular complexity index is 1330.